The van der Waals surface area contributed by atoms with Gasteiger partial charge in [0.1, 0.15) is 5.65 Å². The number of hydrogen-bond donors (Lipinski definition) is 1. The summed E-state index contributed by atoms with van der Waals surface area (Å²) in [6, 6.07) is 13.8. The minimum Gasteiger partial charge on any atom is -0.382 e. The van der Waals surface area contributed by atoms with Crippen molar-refractivity contribution in [2.45, 2.75) is 45.1 Å². The Morgan fingerprint density at radius 3 is 2.82 bits per heavy atom. The van der Waals surface area contributed by atoms with Crippen LogP contribution in [0.5, 0.6) is 0 Å². The molecule has 1 fully saturated rings. The van der Waals surface area contributed by atoms with Crippen LogP contribution < -0.4 is 10.9 Å². The molecule has 0 bridgehead atoms. The summed E-state index contributed by atoms with van der Waals surface area (Å²) >= 11 is 0. The number of fused-ring (bicyclic) bond motifs is 1. The van der Waals surface area contributed by atoms with Crippen LogP contribution in [0.25, 0.3) is 16.8 Å². The van der Waals surface area contributed by atoms with E-state index in [0.29, 0.717) is 17.3 Å². The first-order chi connectivity index (χ1) is 13.8. The van der Waals surface area contributed by atoms with Crippen LogP contribution in [0.1, 0.15) is 38.3 Å². The maximum atomic E-state index is 13.2. The number of aryl methyl sites for hydroxylation is 1. The summed E-state index contributed by atoms with van der Waals surface area (Å²) in [6.07, 6.45) is 7.25. The van der Waals surface area contributed by atoms with Crippen molar-refractivity contribution in [3.8, 4) is 11.1 Å². The molecule has 1 atom stereocenters. The van der Waals surface area contributed by atoms with E-state index in [0.717, 1.165) is 62.2 Å². The van der Waals surface area contributed by atoms with E-state index < -0.39 is 0 Å². The Morgan fingerprint density at radius 2 is 2.07 bits per heavy atom. The standard InChI is InChI=1S/C23H27N3O2/c1-2-3-8-20-22(23(27)26-14-5-4-9-21(26)25-20)17-10-12-18(13-11-17)24-16-19-7-6-15-28-19/h4-5,9-14,19,24H,2-3,6-8,15-16H2,1H3. The van der Waals surface area contributed by atoms with Gasteiger partial charge in [0.05, 0.1) is 17.4 Å². The van der Waals surface area contributed by atoms with Gasteiger partial charge >= 0.3 is 0 Å². The molecule has 1 unspecified atom stereocenters. The van der Waals surface area contributed by atoms with Crippen molar-refractivity contribution in [2.75, 3.05) is 18.5 Å². The van der Waals surface area contributed by atoms with Crippen LogP contribution in [0.2, 0.25) is 0 Å². The third-order valence-corrected chi connectivity index (χ3v) is 5.31. The van der Waals surface area contributed by atoms with Crippen LogP contribution in [0.3, 0.4) is 0 Å². The number of benzene rings is 1. The molecule has 0 aliphatic carbocycles. The molecular weight excluding hydrogens is 350 g/mol. The maximum absolute atomic E-state index is 13.2. The maximum Gasteiger partial charge on any atom is 0.265 e. The number of aromatic nitrogens is 2. The van der Waals surface area contributed by atoms with Crippen molar-refractivity contribution >= 4 is 11.3 Å². The van der Waals surface area contributed by atoms with E-state index in [4.69, 9.17) is 9.72 Å². The van der Waals surface area contributed by atoms with E-state index in [1.807, 2.05) is 42.5 Å². The van der Waals surface area contributed by atoms with Gasteiger partial charge in [-0.25, -0.2) is 4.98 Å². The Labute approximate surface area is 165 Å². The van der Waals surface area contributed by atoms with Gasteiger partial charge in [0.25, 0.3) is 5.56 Å². The fourth-order valence-corrected chi connectivity index (χ4v) is 3.74. The smallest absolute Gasteiger partial charge is 0.265 e. The summed E-state index contributed by atoms with van der Waals surface area (Å²) in [5, 5.41) is 3.43. The van der Waals surface area contributed by atoms with Gasteiger partial charge in [0.2, 0.25) is 0 Å². The second kappa shape index (κ2) is 8.57. The lowest BCUT2D eigenvalue weighted by Crippen LogP contribution is -2.20. The third-order valence-electron chi connectivity index (χ3n) is 5.31. The van der Waals surface area contributed by atoms with E-state index >= 15 is 0 Å². The average Bonchev–Trinajstić information content (AvgIpc) is 3.25. The molecule has 0 amide bonds. The van der Waals surface area contributed by atoms with E-state index in [1.54, 1.807) is 10.6 Å². The number of pyridine rings is 1. The fraction of sp³-hybridized carbons (Fsp3) is 0.391. The Hall–Kier alpha value is -2.66. The molecule has 3 heterocycles. The van der Waals surface area contributed by atoms with E-state index in [2.05, 4.69) is 12.2 Å². The lowest BCUT2D eigenvalue weighted by atomic mass is 10.0. The highest BCUT2D eigenvalue weighted by molar-refractivity contribution is 5.68. The predicted octanol–water partition coefficient (Wildman–Crippen LogP) is 4.30. The molecule has 1 N–H and O–H groups in total. The monoisotopic (exact) mass is 377 g/mol. The van der Waals surface area contributed by atoms with Gasteiger partial charge in [0, 0.05) is 25.0 Å². The molecule has 1 aromatic carbocycles. The Bertz CT molecular complexity index is 989. The third kappa shape index (κ3) is 3.94. The van der Waals surface area contributed by atoms with Crippen molar-refractivity contribution in [3.05, 3.63) is 64.7 Å². The second-order valence-electron chi connectivity index (χ2n) is 7.36. The summed E-state index contributed by atoms with van der Waals surface area (Å²) in [7, 11) is 0. The molecule has 146 valence electrons. The van der Waals surface area contributed by atoms with Crippen molar-refractivity contribution in [1.29, 1.82) is 0 Å². The number of unbranched alkanes of at least 4 members (excludes halogenated alkanes) is 1. The molecule has 1 aliphatic rings. The van der Waals surface area contributed by atoms with Crippen molar-refractivity contribution in [3.63, 3.8) is 0 Å². The number of anilines is 1. The number of ether oxygens (including phenoxy) is 1. The first-order valence-corrected chi connectivity index (χ1v) is 10.2. The van der Waals surface area contributed by atoms with E-state index in [9.17, 15) is 4.79 Å². The molecule has 2 aromatic heterocycles. The second-order valence-corrected chi connectivity index (χ2v) is 7.36. The molecular formula is C23H27N3O2. The molecule has 1 aliphatic heterocycles. The van der Waals surface area contributed by atoms with Crippen LogP contribution in [0.4, 0.5) is 5.69 Å². The van der Waals surface area contributed by atoms with Crippen LogP contribution >= 0.6 is 0 Å². The highest BCUT2D eigenvalue weighted by Crippen LogP contribution is 2.23. The van der Waals surface area contributed by atoms with Gasteiger partial charge in [-0.15, -0.1) is 0 Å². The lowest BCUT2D eigenvalue weighted by molar-refractivity contribution is 0.120. The molecule has 0 radical (unpaired) electrons. The normalized spacial score (nSPS) is 16.5. The van der Waals surface area contributed by atoms with Crippen molar-refractivity contribution in [2.24, 2.45) is 0 Å². The topological polar surface area (TPSA) is 55.6 Å². The number of nitrogens with one attached hydrogen (secondary N) is 1. The van der Waals surface area contributed by atoms with Gasteiger partial charge in [-0.3, -0.25) is 9.20 Å². The number of rotatable bonds is 7. The molecule has 5 nitrogen and oxygen atoms in total. The molecule has 1 saturated heterocycles. The first kappa shape index (κ1) is 18.7. The summed E-state index contributed by atoms with van der Waals surface area (Å²) in [5.41, 5.74) is 4.27. The van der Waals surface area contributed by atoms with Crippen molar-refractivity contribution in [1.82, 2.24) is 9.38 Å². The zero-order valence-corrected chi connectivity index (χ0v) is 16.4. The molecule has 0 saturated carbocycles. The molecule has 0 spiro atoms. The summed E-state index contributed by atoms with van der Waals surface area (Å²) in [4.78, 5) is 18.0. The van der Waals surface area contributed by atoms with Crippen LogP contribution in [0.15, 0.2) is 53.5 Å². The molecule has 5 heteroatoms. The Morgan fingerprint density at radius 1 is 1.21 bits per heavy atom. The number of nitrogens with zero attached hydrogens (tertiary/aromatic N) is 2. The average molecular weight is 377 g/mol. The SMILES string of the molecule is CCCCc1nc2ccccn2c(=O)c1-c1ccc(NCC2CCCO2)cc1. The Balaban J connectivity index is 1.64. The first-order valence-electron chi connectivity index (χ1n) is 10.2. The Kier molecular flexibility index (Phi) is 5.72. The minimum atomic E-state index is -0.00299. The predicted molar refractivity (Wildman–Crippen MR) is 113 cm³/mol. The van der Waals surface area contributed by atoms with E-state index in [1.165, 1.54) is 0 Å². The highest BCUT2D eigenvalue weighted by atomic mass is 16.5. The van der Waals surface area contributed by atoms with Gasteiger partial charge in [-0.05, 0) is 55.5 Å². The lowest BCUT2D eigenvalue weighted by Gasteiger charge is -2.13. The van der Waals surface area contributed by atoms with Gasteiger partial charge in [-0.2, -0.15) is 0 Å². The number of hydrogen-bond acceptors (Lipinski definition) is 4. The van der Waals surface area contributed by atoms with Crippen molar-refractivity contribution < 1.29 is 4.74 Å². The van der Waals surface area contributed by atoms with Crippen LogP contribution in [-0.2, 0) is 11.2 Å². The molecule has 4 rings (SSSR count). The summed E-state index contributed by atoms with van der Waals surface area (Å²) in [5.74, 6) is 0. The van der Waals surface area contributed by atoms with Gasteiger partial charge in [-0.1, -0.05) is 31.5 Å². The summed E-state index contributed by atoms with van der Waals surface area (Å²) < 4.78 is 7.30. The zero-order chi connectivity index (χ0) is 19.3. The fourth-order valence-electron chi connectivity index (χ4n) is 3.74. The quantitative estimate of drug-likeness (QED) is 0.667. The molecule has 28 heavy (non-hydrogen) atoms. The van der Waals surface area contributed by atoms with Gasteiger partial charge < -0.3 is 10.1 Å². The summed E-state index contributed by atoms with van der Waals surface area (Å²) in [6.45, 7) is 3.84. The highest BCUT2D eigenvalue weighted by Gasteiger charge is 2.16. The van der Waals surface area contributed by atoms with Crippen LogP contribution in [0, 0.1) is 0 Å². The largest absolute Gasteiger partial charge is 0.382 e. The van der Waals surface area contributed by atoms with Crippen LogP contribution in [-0.4, -0.2) is 28.6 Å². The molecule has 3 aromatic rings. The van der Waals surface area contributed by atoms with E-state index in [-0.39, 0.29) is 5.56 Å². The van der Waals surface area contributed by atoms with Gasteiger partial charge in [0.15, 0.2) is 0 Å². The minimum absolute atomic E-state index is 0.00299. The zero-order valence-electron chi connectivity index (χ0n) is 16.4.